The van der Waals surface area contributed by atoms with Gasteiger partial charge in [0.15, 0.2) is 0 Å². The molecule has 0 radical (unpaired) electrons. The van der Waals surface area contributed by atoms with Gasteiger partial charge >= 0.3 is 16.5 Å². The minimum atomic E-state index is -1.22. The molecular weight excluding hydrogens is 199 g/mol. The smallest absolute Gasteiger partial charge is 0.549 e. The average molecular weight is 207 g/mol. The molecule has 0 spiro atoms. The van der Waals surface area contributed by atoms with E-state index in [1.54, 1.807) is 0 Å². The largest absolute Gasteiger partial charge is 2.00 e. The van der Waals surface area contributed by atoms with Crippen molar-refractivity contribution >= 4 is 11.9 Å². The van der Waals surface area contributed by atoms with Gasteiger partial charge in [0.2, 0.25) is 0 Å². The second-order valence-corrected chi connectivity index (χ2v) is 1.15. The number of aliphatic carboxylic acids is 2. The predicted molar refractivity (Wildman–Crippen MR) is 28.1 cm³/mol. The van der Waals surface area contributed by atoms with E-state index in [9.17, 15) is 0 Å². The van der Waals surface area contributed by atoms with Crippen LogP contribution < -0.4 is 21.7 Å². The van der Waals surface area contributed by atoms with Gasteiger partial charge in [0.1, 0.15) is 0 Å². The maximum Gasteiger partial charge on any atom is 2.00 e. The van der Waals surface area contributed by atoms with Crippen LogP contribution in [0.1, 0.15) is 0 Å². The standard InChI is InChI=1S/2C2H5NO2.Ni/c2*3-1-2(4)5;/h2*1,3H2,(H,4,5);/q;;+2/p-2. The molecule has 0 rings (SSSR count). The summed E-state index contributed by atoms with van der Waals surface area (Å²) in [5.41, 5.74) is 9.02. The fourth-order valence-electron chi connectivity index (χ4n) is 0. The molecule has 0 bridgehead atoms. The van der Waals surface area contributed by atoms with E-state index in [4.69, 9.17) is 19.8 Å². The maximum atomic E-state index is 9.13. The number of carbonyl (C=O) groups excluding carboxylic acids is 2. The van der Waals surface area contributed by atoms with E-state index >= 15 is 0 Å². The van der Waals surface area contributed by atoms with Crippen molar-refractivity contribution in [2.45, 2.75) is 0 Å². The second-order valence-electron chi connectivity index (χ2n) is 1.15. The summed E-state index contributed by atoms with van der Waals surface area (Å²) < 4.78 is 0. The Morgan fingerprint density at radius 3 is 1.09 bits per heavy atom. The SMILES string of the molecule is NCC(=O)[O-].NCC(=O)[O-].[Ni+2]. The molecule has 0 aliphatic heterocycles. The fraction of sp³-hybridized carbons (Fsp3) is 0.500. The average Bonchev–Trinajstić information content (AvgIpc) is 1.89. The van der Waals surface area contributed by atoms with Crippen LogP contribution >= 0.6 is 0 Å². The summed E-state index contributed by atoms with van der Waals surface area (Å²) in [5.74, 6) is -2.44. The Morgan fingerprint density at radius 1 is 1.00 bits per heavy atom. The molecule has 0 heterocycles. The molecular formula is C4H8N2NiO4. The van der Waals surface area contributed by atoms with Crippen molar-refractivity contribution in [2.75, 3.05) is 13.1 Å². The zero-order valence-electron chi connectivity index (χ0n) is 5.52. The minimum absolute atomic E-state index is 0. The molecule has 0 unspecified atom stereocenters. The molecule has 0 fully saturated rings. The molecule has 0 aliphatic rings. The summed E-state index contributed by atoms with van der Waals surface area (Å²) in [6.07, 6.45) is 0. The molecule has 4 N–H and O–H groups in total. The Bertz CT molecular complexity index is 105. The third-order valence-electron chi connectivity index (χ3n) is 0.333. The van der Waals surface area contributed by atoms with Crippen LogP contribution in [-0.4, -0.2) is 25.0 Å². The molecule has 0 aromatic heterocycles. The number of hydrogen-bond donors (Lipinski definition) is 2. The van der Waals surface area contributed by atoms with E-state index in [2.05, 4.69) is 11.5 Å². The molecule has 68 valence electrons. The second kappa shape index (κ2) is 12.1. The van der Waals surface area contributed by atoms with Crippen molar-refractivity contribution in [3.8, 4) is 0 Å². The maximum absolute atomic E-state index is 9.13. The van der Waals surface area contributed by atoms with E-state index < -0.39 is 11.9 Å². The van der Waals surface area contributed by atoms with Gasteiger partial charge in [-0.25, -0.2) is 0 Å². The van der Waals surface area contributed by atoms with Crippen LogP contribution in [-0.2, 0) is 26.1 Å². The number of carbonyl (C=O) groups is 2. The molecule has 11 heavy (non-hydrogen) atoms. The molecule has 0 amide bonds. The number of rotatable bonds is 2. The summed E-state index contributed by atoms with van der Waals surface area (Å²) >= 11 is 0. The van der Waals surface area contributed by atoms with E-state index in [1.165, 1.54) is 0 Å². The van der Waals surface area contributed by atoms with Crippen LogP contribution in [0.2, 0.25) is 0 Å². The molecule has 0 aliphatic carbocycles. The number of nitrogens with two attached hydrogens (primary N) is 2. The van der Waals surface area contributed by atoms with Crippen LogP contribution in [0.15, 0.2) is 0 Å². The molecule has 0 aromatic carbocycles. The minimum Gasteiger partial charge on any atom is -0.549 e. The molecule has 0 saturated heterocycles. The van der Waals surface area contributed by atoms with Crippen LogP contribution in [0.5, 0.6) is 0 Å². The summed E-state index contributed by atoms with van der Waals surface area (Å²) in [6.45, 7) is -0.778. The van der Waals surface area contributed by atoms with Gasteiger partial charge in [0, 0.05) is 13.1 Å². The van der Waals surface area contributed by atoms with Gasteiger partial charge in [-0.1, -0.05) is 0 Å². The molecule has 0 aromatic rings. The first-order valence-corrected chi connectivity index (χ1v) is 2.34. The molecule has 7 heteroatoms. The van der Waals surface area contributed by atoms with Gasteiger partial charge in [-0.2, -0.15) is 0 Å². The molecule has 6 nitrogen and oxygen atoms in total. The number of hydrogen-bond acceptors (Lipinski definition) is 6. The number of carboxylic acids is 2. The zero-order chi connectivity index (χ0) is 8.57. The van der Waals surface area contributed by atoms with E-state index in [0.717, 1.165) is 0 Å². The Balaban J connectivity index is -0.000000107. The predicted octanol–water partition coefficient (Wildman–Crippen LogP) is -4.61. The quantitative estimate of drug-likeness (QED) is 0.437. The third kappa shape index (κ3) is 45.0. The Labute approximate surface area is 73.5 Å². The molecule has 0 saturated carbocycles. The van der Waals surface area contributed by atoms with Crippen molar-refractivity contribution in [1.82, 2.24) is 0 Å². The summed E-state index contributed by atoms with van der Waals surface area (Å²) in [4.78, 5) is 18.3. The van der Waals surface area contributed by atoms with Crippen LogP contribution in [0, 0.1) is 0 Å². The van der Waals surface area contributed by atoms with Gasteiger partial charge < -0.3 is 31.3 Å². The van der Waals surface area contributed by atoms with Gasteiger partial charge in [-0.15, -0.1) is 0 Å². The third-order valence-corrected chi connectivity index (χ3v) is 0.333. The molecule has 0 atom stereocenters. The van der Waals surface area contributed by atoms with E-state index in [1.807, 2.05) is 0 Å². The zero-order valence-corrected chi connectivity index (χ0v) is 6.51. The Hall–Kier alpha value is -0.646. The van der Waals surface area contributed by atoms with Crippen molar-refractivity contribution < 1.29 is 36.3 Å². The van der Waals surface area contributed by atoms with Gasteiger partial charge in [-0.05, 0) is 0 Å². The van der Waals surface area contributed by atoms with Crippen LogP contribution in [0.3, 0.4) is 0 Å². The monoisotopic (exact) mass is 206 g/mol. The van der Waals surface area contributed by atoms with Crippen LogP contribution in [0.25, 0.3) is 0 Å². The first kappa shape index (κ1) is 16.8. The topological polar surface area (TPSA) is 132 Å². The normalized spacial score (nSPS) is 6.73. The summed E-state index contributed by atoms with van der Waals surface area (Å²) in [7, 11) is 0. The summed E-state index contributed by atoms with van der Waals surface area (Å²) in [5, 5.41) is 18.3. The van der Waals surface area contributed by atoms with Crippen LogP contribution in [0.4, 0.5) is 0 Å². The van der Waals surface area contributed by atoms with Crippen molar-refractivity contribution in [1.29, 1.82) is 0 Å². The van der Waals surface area contributed by atoms with Crippen molar-refractivity contribution in [3.63, 3.8) is 0 Å². The van der Waals surface area contributed by atoms with Gasteiger partial charge in [-0.3, -0.25) is 0 Å². The van der Waals surface area contributed by atoms with Gasteiger partial charge in [0.05, 0.1) is 11.9 Å². The van der Waals surface area contributed by atoms with E-state index in [0.29, 0.717) is 0 Å². The summed E-state index contributed by atoms with van der Waals surface area (Å²) in [6, 6.07) is 0. The number of carboxylic acid groups (broad SMARTS) is 2. The Morgan fingerprint density at radius 2 is 1.09 bits per heavy atom. The first-order chi connectivity index (χ1) is 4.54. The van der Waals surface area contributed by atoms with E-state index in [-0.39, 0.29) is 29.6 Å². The fourth-order valence-corrected chi connectivity index (χ4v) is 0. The van der Waals surface area contributed by atoms with Crippen molar-refractivity contribution in [3.05, 3.63) is 0 Å². The van der Waals surface area contributed by atoms with Gasteiger partial charge in [0.25, 0.3) is 0 Å². The first-order valence-electron chi connectivity index (χ1n) is 2.34. The van der Waals surface area contributed by atoms with Crippen molar-refractivity contribution in [2.24, 2.45) is 11.5 Å². The Kier molecular flexibility index (Phi) is 18.4.